The summed E-state index contributed by atoms with van der Waals surface area (Å²) in [4.78, 5) is 5.04. The fraction of sp³-hybridized carbons (Fsp3) is 0.207. The summed E-state index contributed by atoms with van der Waals surface area (Å²) < 4.78 is 12.1. The first-order valence-corrected chi connectivity index (χ1v) is 13.1. The molecule has 0 saturated heterocycles. The van der Waals surface area contributed by atoms with Gasteiger partial charge in [-0.2, -0.15) is 0 Å². The van der Waals surface area contributed by atoms with Crippen LogP contribution >= 0.6 is 7.92 Å². The molecule has 166 valence electrons. The fourth-order valence-corrected chi connectivity index (χ4v) is 6.78. The van der Waals surface area contributed by atoms with Crippen LogP contribution in [0.1, 0.15) is 18.9 Å². The minimum atomic E-state index is -0.425. The van der Waals surface area contributed by atoms with E-state index in [2.05, 4.69) is 91.0 Å². The van der Waals surface area contributed by atoms with E-state index in [4.69, 9.17) is 14.5 Å². The second-order valence-corrected chi connectivity index (χ2v) is 10.4. The number of rotatable bonds is 8. The standard InChI is InChI=1S/C29H28NO2P/c1-2-31-27-18-17-22-11-9-10-16-26(22)28(27)29-30-23(21-32-29)19-20-33(24-12-5-3-6-13-24)25-14-7-4-8-15-25/h3-18,23H,2,19-21H2,1H3. The maximum absolute atomic E-state index is 6.17. The molecule has 1 aliphatic heterocycles. The highest BCUT2D eigenvalue weighted by Gasteiger charge is 2.26. The Bertz CT molecular complexity index is 1200. The lowest BCUT2D eigenvalue weighted by atomic mass is 10.0. The summed E-state index contributed by atoms with van der Waals surface area (Å²) in [5.41, 5.74) is 0.978. The number of ether oxygens (including phenoxy) is 2. The Labute approximate surface area is 196 Å². The molecule has 0 N–H and O–H groups in total. The van der Waals surface area contributed by atoms with Crippen molar-refractivity contribution < 1.29 is 9.47 Å². The van der Waals surface area contributed by atoms with Gasteiger partial charge in [-0.05, 0) is 54.9 Å². The van der Waals surface area contributed by atoms with Crippen LogP contribution in [-0.2, 0) is 4.74 Å². The Morgan fingerprint density at radius 2 is 1.52 bits per heavy atom. The molecule has 1 heterocycles. The summed E-state index contributed by atoms with van der Waals surface area (Å²) >= 11 is 0. The first-order chi connectivity index (χ1) is 16.3. The Hall–Kier alpha value is -3.16. The van der Waals surface area contributed by atoms with Crippen LogP contribution in [0.25, 0.3) is 10.8 Å². The third-order valence-electron chi connectivity index (χ3n) is 5.94. The van der Waals surface area contributed by atoms with E-state index >= 15 is 0 Å². The molecule has 0 aliphatic carbocycles. The molecule has 0 spiro atoms. The largest absolute Gasteiger partial charge is 0.493 e. The Balaban J connectivity index is 1.40. The third kappa shape index (κ3) is 4.79. The van der Waals surface area contributed by atoms with Crippen molar-refractivity contribution >= 4 is 35.2 Å². The number of benzene rings is 4. The van der Waals surface area contributed by atoms with Crippen molar-refractivity contribution in [2.75, 3.05) is 19.4 Å². The Morgan fingerprint density at radius 1 is 0.848 bits per heavy atom. The van der Waals surface area contributed by atoms with Crippen LogP contribution in [0.5, 0.6) is 5.75 Å². The lowest BCUT2D eigenvalue weighted by Gasteiger charge is -2.19. The van der Waals surface area contributed by atoms with Crippen molar-refractivity contribution in [1.29, 1.82) is 0 Å². The van der Waals surface area contributed by atoms with Crippen LogP contribution in [0.2, 0.25) is 0 Å². The molecular formula is C29H28NO2P. The normalized spacial score (nSPS) is 15.5. The number of hydrogen-bond acceptors (Lipinski definition) is 3. The highest BCUT2D eigenvalue weighted by Crippen LogP contribution is 2.36. The van der Waals surface area contributed by atoms with E-state index in [-0.39, 0.29) is 6.04 Å². The van der Waals surface area contributed by atoms with Gasteiger partial charge in [0.05, 0.1) is 18.2 Å². The molecule has 33 heavy (non-hydrogen) atoms. The number of aliphatic imine (C=N–C) groups is 1. The Morgan fingerprint density at radius 3 is 2.21 bits per heavy atom. The zero-order chi connectivity index (χ0) is 22.5. The van der Waals surface area contributed by atoms with Crippen LogP contribution in [0.3, 0.4) is 0 Å². The molecule has 4 aromatic rings. The van der Waals surface area contributed by atoms with Gasteiger partial charge in [0.15, 0.2) is 0 Å². The first kappa shape index (κ1) is 21.7. The van der Waals surface area contributed by atoms with Crippen molar-refractivity contribution in [2.24, 2.45) is 4.99 Å². The average molecular weight is 454 g/mol. The quantitative estimate of drug-likeness (QED) is 0.311. The van der Waals surface area contributed by atoms with Gasteiger partial charge in [-0.15, -0.1) is 0 Å². The predicted molar refractivity (Wildman–Crippen MR) is 140 cm³/mol. The molecule has 1 aliphatic rings. The van der Waals surface area contributed by atoms with E-state index in [0.717, 1.165) is 29.3 Å². The minimum absolute atomic E-state index is 0.158. The summed E-state index contributed by atoms with van der Waals surface area (Å²) in [6.07, 6.45) is 2.08. The molecule has 5 rings (SSSR count). The van der Waals surface area contributed by atoms with Crippen LogP contribution in [-0.4, -0.2) is 31.3 Å². The van der Waals surface area contributed by atoms with Crippen LogP contribution in [0, 0.1) is 0 Å². The lowest BCUT2D eigenvalue weighted by Crippen LogP contribution is -2.17. The molecule has 4 heteroatoms. The van der Waals surface area contributed by atoms with Crippen LogP contribution in [0.4, 0.5) is 0 Å². The molecule has 4 aromatic carbocycles. The average Bonchev–Trinajstić information content (AvgIpc) is 3.34. The Kier molecular flexibility index (Phi) is 6.69. The molecule has 0 amide bonds. The van der Waals surface area contributed by atoms with Crippen molar-refractivity contribution in [3.63, 3.8) is 0 Å². The van der Waals surface area contributed by atoms with Gasteiger partial charge in [0.1, 0.15) is 12.4 Å². The summed E-state index contributed by atoms with van der Waals surface area (Å²) in [5, 5.41) is 5.12. The molecule has 0 bridgehead atoms. The van der Waals surface area contributed by atoms with Gasteiger partial charge in [0.25, 0.3) is 0 Å². The van der Waals surface area contributed by atoms with Crippen LogP contribution < -0.4 is 15.3 Å². The summed E-state index contributed by atoms with van der Waals surface area (Å²) in [5.74, 6) is 1.55. The number of hydrogen-bond donors (Lipinski definition) is 0. The van der Waals surface area contributed by atoms with E-state index in [1.807, 2.05) is 13.0 Å². The third-order valence-corrected chi connectivity index (χ3v) is 8.49. The van der Waals surface area contributed by atoms with Gasteiger partial charge >= 0.3 is 0 Å². The molecule has 1 atom stereocenters. The van der Waals surface area contributed by atoms with Gasteiger partial charge in [0.2, 0.25) is 5.90 Å². The van der Waals surface area contributed by atoms with E-state index in [9.17, 15) is 0 Å². The van der Waals surface area contributed by atoms with Crippen molar-refractivity contribution in [2.45, 2.75) is 19.4 Å². The van der Waals surface area contributed by atoms with Crippen molar-refractivity contribution in [3.8, 4) is 5.75 Å². The van der Waals surface area contributed by atoms with Gasteiger partial charge < -0.3 is 9.47 Å². The monoisotopic (exact) mass is 453 g/mol. The van der Waals surface area contributed by atoms with E-state index in [1.165, 1.54) is 16.0 Å². The van der Waals surface area contributed by atoms with Gasteiger partial charge in [-0.25, -0.2) is 4.99 Å². The number of fused-ring (bicyclic) bond motifs is 1. The molecule has 0 aromatic heterocycles. The molecule has 0 fully saturated rings. The minimum Gasteiger partial charge on any atom is -0.493 e. The molecule has 1 unspecified atom stereocenters. The molecule has 0 radical (unpaired) electrons. The van der Waals surface area contributed by atoms with Gasteiger partial charge in [0, 0.05) is 0 Å². The van der Waals surface area contributed by atoms with E-state index < -0.39 is 7.92 Å². The summed E-state index contributed by atoms with van der Waals surface area (Å²) in [7, 11) is -0.425. The highest BCUT2D eigenvalue weighted by molar-refractivity contribution is 7.73. The second-order valence-electron chi connectivity index (χ2n) is 8.10. The lowest BCUT2D eigenvalue weighted by molar-refractivity contribution is 0.310. The number of nitrogens with zero attached hydrogens (tertiary/aromatic N) is 1. The molecule has 3 nitrogen and oxygen atoms in total. The van der Waals surface area contributed by atoms with Crippen molar-refractivity contribution in [3.05, 3.63) is 103 Å². The summed E-state index contributed by atoms with van der Waals surface area (Å²) in [6, 6.07) is 34.4. The SMILES string of the molecule is CCOc1ccc2ccccc2c1C1=NC(CCP(c2ccccc2)c2ccccc2)CO1. The fourth-order valence-electron chi connectivity index (χ4n) is 4.35. The predicted octanol–water partition coefficient (Wildman–Crippen LogP) is 5.91. The summed E-state index contributed by atoms with van der Waals surface area (Å²) in [6.45, 7) is 3.24. The van der Waals surface area contributed by atoms with Gasteiger partial charge in [-0.1, -0.05) is 91.0 Å². The molecular weight excluding hydrogens is 425 g/mol. The van der Waals surface area contributed by atoms with Crippen molar-refractivity contribution in [1.82, 2.24) is 0 Å². The van der Waals surface area contributed by atoms with E-state index in [1.54, 1.807) is 0 Å². The first-order valence-electron chi connectivity index (χ1n) is 11.6. The zero-order valence-corrected chi connectivity index (χ0v) is 19.7. The zero-order valence-electron chi connectivity index (χ0n) is 18.9. The van der Waals surface area contributed by atoms with Gasteiger partial charge in [-0.3, -0.25) is 0 Å². The smallest absolute Gasteiger partial charge is 0.221 e. The highest BCUT2D eigenvalue weighted by atomic mass is 31.1. The topological polar surface area (TPSA) is 30.8 Å². The second kappa shape index (κ2) is 10.2. The maximum atomic E-state index is 6.17. The van der Waals surface area contributed by atoms with Crippen LogP contribution in [0.15, 0.2) is 102 Å². The molecule has 0 saturated carbocycles. The maximum Gasteiger partial charge on any atom is 0.221 e. The van der Waals surface area contributed by atoms with E-state index in [0.29, 0.717) is 19.1 Å².